The first kappa shape index (κ1) is 22.0. The van der Waals surface area contributed by atoms with Crippen LogP contribution in [0.15, 0.2) is 61.1 Å². The fourth-order valence-corrected chi connectivity index (χ4v) is 4.76. The van der Waals surface area contributed by atoms with E-state index in [2.05, 4.69) is 16.0 Å². The minimum absolute atomic E-state index is 0.0158. The Morgan fingerprint density at radius 3 is 2.50 bits per heavy atom. The Morgan fingerprint density at radius 2 is 1.79 bits per heavy atom. The molecule has 8 heteroatoms. The smallest absolute Gasteiger partial charge is 0.273 e. The van der Waals surface area contributed by atoms with E-state index in [1.807, 2.05) is 29.2 Å². The van der Waals surface area contributed by atoms with Gasteiger partial charge in [0.1, 0.15) is 18.1 Å². The highest BCUT2D eigenvalue weighted by Gasteiger charge is 2.36. The lowest BCUT2D eigenvalue weighted by molar-refractivity contribution is 0.00626. The maximum absolute atomic E-state index is 13.7. The van der Waals surface area contributed by atoms with Crippen LogP contribution in [0.2, 0.25) is 0 Å². The molecule has 0 unspecified atom stereocenters. The summed E-state index contributed by atoms with van der Waals surface area (Å²) in [4.78, 5) is 35.5. The number of amides is 2. The van der Waals surface area contributed by atoms with Gasteiger partial charge in [0.2, 0.25) is 5.91 Å². The first-order valence-corrected chi connectivity index (χ1v) is 11.4. The van der Waals surface area contributed by atoms with Gasteiger partial charge in [-0.3, -0.25) is 19.6 Å². The second-order valence-corrected chi connectivity index (χ2v) is 8.54. The van der Waals surface area contributed by atoms with Gasteiger partial charge in [0.25, 0.3) is 5.91 Å². The third kappa shape index (κ3) is 4.36. The molecule has 34 heavy (non-hydrogen) atoms. The van der Waals surface area contributed by atoms with Crippen molar-refractivity contribution in [1.29, 1.82) is 0 Å². The van der Waals surface area contributed by atoms with Crippen molar-refractivity contribution < 1.29 is 19.1 Å². The van der Waals surface area contributed by atoms with Gasteiger partial charge in [-0.25, -0.2) is 0 Å². The summed E-state index contributed by atoms with van der Waals surface area (Å²) in [5, 5.41) is 0. The lowest BCUT2D eigenvalue weighted by Gasteiger charge is -2.41. The molecule has 5 rings (SSSR count). The molecule has 174 valence electrons. The highest BCUT2D eigenvalue weighted by molar-refractivity contribution is 5.95. The standard InChI is InChI=1S/C26H26N4O4/c27-25(31)18-4-5-23(29-15-18)26(32)30(19-8-12-33-13-9-19)20-14-22-21(17-6-10-28-11-7-17)2-1-3-24(22)34-16-20/h1-7,10-11,15,19-20H,8-9,12-14,16H2,(H2,27,31)/t20-/m0/s1. The average molecular weight is 459 g/mol. The summed E-state index contributed by atoms with van der Waals surface area (Å²) in [6.45, 7) is 1.61. The lowest BCUT2D eigenvalue weighted by Crippen LogP contribution is -2.53. The number of benzene rings is 1. The Hall–Kier alpha value is -3.78. The average Bonchev–Trinajstić information content (AvgIpc) is 2.89. The predicted molar refractivity (Wildman–Crippen MR) is 125 cm³/mol. The maximum Gasteiger partial charge on any atom is 0.273 e. The quantitative estimate of drug-likeness (QED) is 0.630. The molecule has 0 aliphatic carbocycles. The van der Waals surface area contributed by atoms with Crippen LogP contribution in [0.25, 0.3) is 11.1 Å². The molecule has 8 nitrogen and oxygen atoms in total. The zero-order chi connectivity index (χ0) is 23.5. The van der Waals surface area contributed by atoms with Crippen molar-refractivity contribution in [2.45, 2.75) is 31.3 Å². The van der Waals surface area contributed by atoms with Crippen LogP contribution in [0.3, 0.4) is 0 Å². The van der Waals surface area contributed by atoms with Gasteiger partial charge in [0.15, 0.2) is 0 Å². The Balaban J connectivity index is 1.48. The Morgan fingerprint density at radius 1 is 1.00 bits per heavy atom. The summed E-state index contributed by atoms with van der Waals surface area (Å²) in [5.74, 6) is 0.0870. The summed E-state index contributed by atoms with van der Waals surface area (Å²) in [5.41, 5.74) is 9.10. The second-order valence-electron chi connectivity index (χ2n) is 8.54. The van der Waals surface area contributed by atoms with Crippen molar-refractivity contribution in [3.05, 3.63) is 77.9 Å². The zero-order valence-electron chi connectivity index (χ0n) is 18.7. The molecular formula is C26H26N4O4. The molecule has 4 heterocycles. The van der Waals surface area contributed by atoms with Gasteiger partial charge in [-0.2, -0.15) is 0 Å². The number of nitrogens with two attached hydrogens (primary N) is 1. The molecule has 0 saturated carbocycles. The molecule has 3 aromatic rings. The van der Waals surface area contributed by atoms with E-state index >= 15 is 0 Å². The summed E-state index contributed by atoms with van der Waals surface area (Å²) in [6, 6.07) is 12.9. The highest BCUT2D eigenvalue weighted by Crippen LogP contribution is 2.36. The molecule has 2 aliphatic heterocycles. The van der Waals surface area contributed by atoms with E-state index in [0.29, 0.717) is 26.2 Å². The van der Waals surface area contributed by atoms with Crippen LogP contribution < -0.4 is 10.5 Å². The van der Waals surface area contributed by atoms with E-state index in [0.717, 1.165) is 35.3 Å². The minimum atomic E-state index is -0.575. The molecule has 1 fully saturated rings. The number of primary amides is 1. The second kappa shape index (κ2) is 9.61. The summed E-state index contributed by atoms with van der Waals surface area (Å²) >= 11 is 0. The van der Waals surface area contributed by atoms with Gasteiger partial charge in [-0.15, -0.1) is 0 Å². The first-order chi connectivity index (χ1) is 16.6. The first-order valence-electron chi connectivity index (χ1n) is 11.4. The molecule has 0 radical (unpaired) electrons. The molecule has 2 N–H and O–H groups in total. The summed E-state index contributed by atoms with van der Waals surface area (Å²) < 4.78 is 11.7. The molecule has 2 aromatic heterocycles. The van der Waals surface area contributed by atoms with E-state index in [1.54, 1.807) is 24.5 Å². The van der Waals surface area contributed by atoms with E-state index in [-0.39, 0.29) is 29.2 Å². The molecule has 0 bridgehead atoms. The van der Waals surface area contributed by atoms with Crippen LogP contribution in [0.5, 0.6) is 5.75 Å². The van der Waals surface area contributed by atoms with Crippen molar-refractivity contribution in [1.82, 2.24) is 14.9 Å². The summed E-state index contributed by atoms with van der Waals surface area (Å²) in [7, 11) is 0. The fraction of sp³-hybridized carbons (Fsp3) is 0.308. The highest BCUT2D eigenvalue weighted by atomic mass is 16.5. The third-order valence-corrected chi connectivity index (χ3v) is 6.47. The molecule has 1 aromatic carbocycles. The molecular weight excluding hydrogens is 432 g/mol. The number of rotatable bonds is 5. The maximum atomic E-state index is 13.7. The Bertz CT molecular complexity index is 1180. The van der Waals surface area contributed by atoms with Gasteiger partial charge in [0.05, 0.1) is 11.6 Å². The summed E-state index contributed by atoms with van der Waals surface area (Å²) in [6.07, 6.45) is 7.06. The topological polar surface area (TPSA) is 108 Å². The van der Waals surface area contributed by atoms with Crippen molar-refractivity contribution >= 4 is 11.8 Å². The van der Waals surface area contributed by atoms with E-state index < -0.39 is 5.91 Å². The third-order valence-electron chi connectivity index (χ3n) is 6.47. The molecule has 1 saturated heterocycles. The number of carbonyl (C=O) groups excluding carboxylic acids is 2. The van der Waals surface area contributed by atoms with Crippen molar-refractivity contribution in [2.75, 3.05) is 19.8 Å². The van der Waals surface area contributed by atoms with Crippen LogP contribution >= 0.6 is 0 Å². The number of hydrogen-bond acceptors (Lipinski definition) is 6. The van der Waals surface area contributed by atoms with Gasteiger partial charge in [-0.1, -0.05) is 12.1 Å². The van der Waals surface area contributed by atoms with Crippen molar-refractivity contribution in [2.24, 2.45) is 5.73 Å². The largest absolute Gasteiger partial charge is 0.491 e. The van der Waals surface area contributed by atoms with E-state index in [1.165, 1.54) is 6.20 Å². The van der Waals surface area contributed by atoms with Crippen molar-refractivity contribution in [3.8, 4) is 16.9 Å². The number of ether oxygens (including phenoxy) is 2. The van der Waals surface area contributed by atoms with Gasteiger partial charge in [-0.05, 0) is 54.3 Å². The number of nitrogens with zero attached hydrogens (tertiary/aromatic N) is 3. The van der Waals surface area contributed by atoms with Crippen molar-refractivity contribution in [3.63, 3.8) is 0 Å². The van der Waals surface area contributed by atoms with Crippen LogP contribution in [-0.2, 0) is 11.2 Å². The Kier molecular flexibility index (Phi) is 6.22. The van der Waals surface area contributed by atoms with Gasteiger partial charge >= 0.3 is 0 Å². The van der Waals surface area contributed by atoms with E-state index in [4.69, 9.17) is 15.2 Å². The van der Waals surface area contributed by atoms with Crippen LogP contribution in [0, 0.1) is 0 Å². The number of pyridine rings is 2. The number of fused-ring (bicyclic) bond motifs is 1. The monoisotopic (exact) mass is 458 g/mol. The number of hydrogen-bond donors (Lipinski definition) is 1. The molecule has 0 spiro atoms. The number of aromatic nitrogens is 2. The van der Waals surface area contributed by atoms with Crippen LogP contribution in [0.4, 0.5) is 0 Å². The predicted octanol–water partition coefficient (Wildman–Crippen LogP) is 2.87. The SMILES string of the molecule is NC(=O)c1ccc(C(=O)N(C2CCOCC2)[C@@H]2COc3cccc(-c4ccncc4)c3C2)nc1. The molecule has 1 atom stereocenters. The van der Waals surface area contributed by atoms with E-state index in [9.17, 15) is 9.59 Å². The zero-order valence-corrected chi connectivity index (χ0v) is 18.7. The lowest BCUT2D eigenvalue weighted by atomic mass is 9.91. The van der Waals surface area contributed by atoms with Crippen LogP contribution in [0.1, 0.15) is 39.3 Å². The molecule has 2 amide bonds. The van der Waals surface area contributed by atoms with Crippen LogP contribution in [-0.4, -0.2) is 58.6 Å². The fourth-order valence-electron chi connectivity index (χ4n) is 4.76. The van der Waals surface area contributed by atoms with Gasteiger partial charge in [0, 0.05) is 49.8 Å². The normalized spacial score (nSPS) is 17.9. The Labute approximate surface area is 197 Å². The van der Waals surface area contributed by atoms with Gasteiger partial charge < -0.3 is 20.1 Å². The minimum Gasteiger partial charge on any atom is -0.491 e. The number of carbonyl (C=O) groups is 2. The molecule has 2 aliphatic rings.